The Morgan fingerprint density at radius 3 is 2.79 bits per heavy atom. The molecule has 0 aliphatic carbocycles. The molecule has 1 aromatic heterocycles. The predicted octanol–water partition coefficient (Wildman–Crippen LogP) is 3.74. The van der Waals surface area contributed by atoms with Crippen LogP contribution in [0.15, 0.2) is 46.9 Å². The zero-order chi connectivity index (χ0) is 13.4. The maximum atomic E-state index is 5.80. The van der Waals surface area contributed by atoms with E-state index in [1.54, 1.807) is 0 Å². The molecule has 0 saturated heterocycles. The molecule has 0 unspecified atom stereocenters. The number of nitrogens with zero attached hydrogens (tertiary/aromatic N) is 2. The molecule has 4 heteroatoms. The molecule has 0 atom stereocenters. The summed E-state index contributed by atoms with van der Waals surface area (Å²) in [5.41, 5.74) is 9.85. The fourth-order valence-corrected chi connectivity index (χ4v) is 2.67. The van der Waals surface area contributed by atoms with Gasteiger partial charge in [-0.3, -0.25) is 0 Å². The van der Waals surface area contributed by atoms with Crippen LogP contribution in [0.25, 0.3) is 11.0 Å². The highest BCUT2D eigenvalue weighted by Gasteiger charge is 2.09. The number of rotatable bonds is 2. The first-order valence-corrected chi connectivity index (χ1v) is 6.90. The van der Waals surface area contributed by atoms with Crippen molar-refractivity contribution in [3.63, 3.8) is 0 Å². The molecule has 0 fully saturated rings. The van der Waals surface area contributed by atoms with E-state index >= 15 is 0 Å². The molecule has 2 aromatic carbocycles. The van der Waals surface area contributed by atoms with Crippen molar-refractivity contribution >= 4 is 32.7 Å². The first-order chi connectivity index (χ1) is 9.15. The monoisotopic (exact) mass is 315 g/mol. The van der Waals surface area contributed by atoms with E-state index in [9.17, 15) is 0 Å². The molecule has 0 aliphatic rings. The summed E-state index contributed by atoms with van der Waals surface area (Å²) in [7, 11) is 0. The van der Waals surface area contributed by atoms with Gasteiger partial charge in [-0.05, 0) is 36.8 Å². The van der Waals surface area contributed by atoms with Gasteiger partial charge in [0.2, 0.25) is 0 Å². The van der Waals surface area contributed by atoms with Gasteiger partial charge in [-0.1, -0.05) is 34.1 Å². The van der Waals surface area contributed by atoms with Crippen LogP contribution < -0.4 is 5.73 Å². The quantitative estimate of drug-likeness (QED) is 0.732. The Labute approximate surface area is 120 Å². The van der Waals surface area contributed by atoms with E-state index in [-0.39, 0.29) is 0 Å². The second kappa shape index (κ2) is 4.70. The highest BCUT2D eigenvalue weighted by Crippen LogP contribution is 2.23. The predicted molar refractivity (Wildman–Crippen MR) is 82.1 cm³/mol. The van der Waals surface area contributed by atoms with Crippen LogP contribution in [0.1, 0.15) is 11.4 Å². The Morgan fingerprint density at radius 2 is 2.00 bits per heavy atom. The van der Waals surface area contributed by atoms with Gasteiger partial charge in [0, 0.05) is 10.2 Å². The molecule has 0 bridgehead atoms. The van der Waals surface area contributed by atoms with Crippen LogP contribution in [-0.2, 0) is 6.54 Å². The summed E-state index contributed by atoms with van der Waals surface area (Å²) in [5, 5.41) is 0. The van der Waals surface area contributed by atoms with Gasteiger partial charge >= 0.3 is 0 Å². The largest absolute Gasteiger partial charge is 0.399 e. The van der Waals surface area contributed by atoms with Crippen LogP contribution in [0, 0.1) is 6.92 Å². The van der Waals surface area contributed by atoms with E-state index < -0.39 is 0 Å². The lowest BCUT2D eigenvalue weighted by atomic mass is 10.2. The fraction of sp³-hybridized carbons (Fsp3) is 0.133. The Hall–Kier alpha value is -1.81. The van der Waals surface area contributed by atoms with Crippen molar-refractivity contribution < 1.29 is 0 Å². The van der Waals surface area contributed by atoms with Crippen LogP contribution in [0.5, 0.6) is 0 Å². The molecule has 0 aliphatic heterocycles. The van der Waals surface area contributed by atoms with E-state index in [4.69, 9.17) is 5.73 Å². The lowest BCUT2D eigenvalue weighted by molar-refractivity contribution is 0.783. The molecule has 3 aromatic rings. The number of fused-ring (bicyclic) bond motifs is 1. The standard InChI is InChI=1S/C15H14BrN3/c1-10-18-14-8-12(17)6-7-15(14)19(10)9-11-4-2-3-5-13(11)16/h2-8H,9,17H2,1H3. The van der Waals surface area contributed by atoms with Crippen LogP contribution in [-0.4, -0.2) is 9.55 Å². The summed E-state index contributed by atoms with van der Waals surface area (Å²) in [6.07, 6.45) is 0. The summed E-state index contributed by atoms with van der Waals surface area (Å²) < 4.78 is 3.32. The number of aromatic nitrogens is 2. The third kappa shape index (κ3) is 2.24. The van der Waals surface area contributed by atoms with Crippen LogP contribution in [0.3, 0.4) is 0 Å². The topological polar surface area (TPSA) is 43.8 Å². The zero-order valence-electron chi connectivity index (χ0n) is 10.6. The summed E-state index contributed by atoms with van der Waals surface area (Å²) >= 11 is 3.59. The number of hydrogen-bond donors (Lipinski definition) is 1. The number of benzene rings is 2. The van der Waals surface area contributed by atoms with E-state index in [0.29, 0.717) is 0 Å². The fourth-order valence-electron chi connectivity index (χ4n) is 2.26. The molecule has 3 nitrogen and oxygen atoms in total. The molecule has 3 rings (SSSR count). The minimum Gasteiger partial charge on any atom is -0.399 e. The van der Waals surface area contributed by atoms with Crippen LogP contribution in [0.4, 0.5) is 5.69 Å². The third-order valence-corrected chi connectivity index (χ3v) is 4.02. The molecule has 96 valence electrons. The number of anilines is 1. The Morgan fingerprint density at radius 1 is 1.21 bits per heavy atom. The van der Waals surface area contributed by atoms with Gasteiger partial charge in [0.05, 0.1) is 17.6 Å². The normalized spacial score (nSPS) is 11.1. The summed E-state index contributed by atoms with van der Waals surface area (Å²) in [4.78, 5) is 4.57. The van der Waals surface area contributed by atoms with Crippen molar-refractivity contribution in [3.05, 3.63) is 58.3 Å². The summed E-state index contributed by atoms with van der Waals surface area (Å²) in [5.74, 6) is 0.997. The van der Waals surface area contributed by atoms with Crippen molar-refractivity contribution in [1.82, 2.24) is 9.55 Å². The number of aryl methyl sites for hydroxylation is 1. The van der Waals surface area contributed by atoms with Crippen molar-refractivity contribution in [2.24, 2.45) is 0 Å². The van der Waals surface area contributed by atoms with Gasteiger partial charge in [0.25, 0.3) is 0 Å². The molecule has 0 spiro atoms. The lowest BCUT2D eigenvalue weighted by Crippen LogP contribution is -2.02. The molecule has 0 radical (unpaired) electrons. The maximum absolute atomic E-state index is 5.80. The number of imidazole rings is 1. The number of hydrogen-bond acceptors (Lipinski definition) is 2. The minimum atomic E-state index is 0.748. The van der Waals surface area contributed by atoms with Gasteiger partial charge in [-0.15, -0.1) is 0 Å². The van der Waals surface area contributed by atoms with Crippen LogP contribution >= 0.6 is 15.9 Å². The molecule has 1 heterocycles. The molecular weight excluding hydrogens is 302 g/mol. The van der Waals surface area contributed by atoms with Gasteiger partial charge in [0.15, 0.2) is 0 Å². The Bertz CT molecular complexity index is 746. The second-order valence-electron chi connectivity index (χ2n) is 4.58. The van der Waals surface area contributed by atoms with E-state index in [0.717, 1.165) is 33.6 Å². The van der Waals surface area contributed by atoms with Gasteiger partial charge in [-0.2, -0.15) is 0 Å². The third-order valence-electron chi connectivity index (χ3n) is 3.25. The first kappa shape index (κ1) is 12.2. The Balaban J connectivity index is 2.10. The second-order valence-corrected chi connectivity index (χ2v) is 5.44. The SMILES string of the molecule is Cc1nc2cc(N)ccc2n1Cc1ccccc1Br. The van der Waals surface area contributed by atoms with Gasteiger partial charge in [-0.25, -0.2) is 4.98 Å². The molecular formula is C15H14BrN3. The number of nitrogen functional groups attached to an aromatic ring is 1. The molecule has 0 saturated carbocycles. The van der Waals surface area contributed by atoms with E-state index in [1.807, 2.05) is 37.3 Å². The number of halogens is 1. The molecule has 19 heavy (non-hydrogen) atoms. The minimum absolute atomic E-state index is 0.748. The lowest BCUT2D eigenvalue weighted by Gasteiger charge is -2.09. The molecule has 2 N–H and O–H groups in total. The highest BCUT2D eigenvalue weighted by atomic mass is 79.9. The highest BCUT2D eigenvalue weighted by molar-refractivity contribution is 9.10. The number of nitrogens with two attached hydrogens (primary N) is 1. The molecule has 0 amide bonds. The van der Waals surface area contributed by atoms with Crippen molar-refractivity contribution in [2.75, 3.05) is 5.73 Å². The summed E-state index contributed by atoms with van der Waals surface area (Å²) in [6.45, 7) is 2.82. The smallest absolute Gasteiger partial charge is 0.107 e. The first-order valence-electron chi connectivity index (χ1n) is 6.11. The van der Waals surface area contributed by atoms with Gasteiger partial charge < -0.3 is 10.3 Å². The average Bonchev–Trinajstić information content (AvgIpc) is 2.68. The summed E-state index contributed by atoms with van der Waals surface area (Å²) in [6, 6.07) is 14.1. The van der Waals surface area contributed by atoms with Crippen molar-refractivity contribution in [3.8, 4) is 0 Å². The van der Waals surface area contributed by atoms with Crippen LogP contribution in [0.2, 0.25) is 0 Å². The average molecular weight is 316 g/mol. The maximum Gasteiger partial charge on any atom is 0.107 e. The Kier molecular flexibility index (Phi) is 3.03. The van der Waals surface area contributed by atoms with Gasteiger partial charge in [0.1, 0.15) is 5.82 Å². The van der Waals surface area contributed by atoms with E-state index in [1.165, 1.54) is 5.56 Å². The zero-order valence-corrected chi connectivity index (χ0v) is 12.2. The van der Waals surface area contributed by atoms with Crippen molar-refractivity contribution in [1.29, 1.82) is 0 Å². The van der Waals surface area contributed by atoms with Crippen molar-refractivity contribution in [2.45, 2.75) is 13.5 Å². The van der Waals surface area contributed by atoms with E-state index in [2.05, 4.69) is 37.6 Å².